The molecular weight excluding hydrogens is 592 g/mol. The summed E-state index contributed by atoms with van der Waals surface area (Å²) in [5, 5.41) is 6.56. The molecule has 2 aromatic heterocycles. The van der Waals surface area contributed by atoms with Crippen molar-refractivity contribution in [2.75, 3.05) is 0 Å². The number of hydrogen-bond donors (Lipinski definition) is 2. The number of ketones is 1. The summed E-state index contributed by atoms with van der Waals surface area (Å²) >= 11 is 0. The summed E-state index contributed by atoms with van der Waals surface area (Å²) in [5.74, 6) is -6.27. The molecule has 1 fully saturated rings. The minimum atomic E-state index is -4.97. The summed E-state index contributed by atoms with van der Waals surface area (Å²) in [6, 6.07) is 8.04. The van der Waals surface area contributed by atoms with Crippen LogP contribution < -0.4 is 11.1 Å². The summed E-state index contributed by atoms with van der Waals surface area (Å²) in [4.78, 5) is 41.9. The molecule has 2 aromatic carbocycles. The minimum Gasteiger partial charge on any atom is -0.366 e. The zero-order valence-corrected chi connectivity index (χ0v) is 22.5. The van der Waals surface area contributed by atoms with Gasteiger partial charge in [-0.2, -0.15) is 18.3 Å². The van der Waals surface area contributed by atoms with E-state index in [9.17, 15) is 40.7 Å². The number of fused-ring (bicyclic) bond motifs is 3. The lowest BCUT2D eigenvalue weighted by molar-refractivity contribution is -0.145. The van der Waals surface area contributed by atoms with Crippen LogP contribution in [0.5, 0.6) is 0 Å². The Kier molecular flexibility index (Phi) is 7.01. The molecule has 2 unspecified atom stereocenters. The number of nitrogens with zero attached hydrogens (tertiary/aromatic N) is 3. The molecule has 0 aliphatic heterocycles. The van der Waals surface area contributed by atoms with E-state index in [-0.39, 0.29) is 34.5 Å². The van der Waals surface area contributed by atoms with Crippen LogP contribution in [0, 0.1) is 23.4 Å². The normalized spacial score (nSPS) is 17.6. The second kappa shape index (κ2) is 10.6. The summed E-state index contributed by atoms with van der Waals surface area (Å²) in [6.45, 7) is -0.926. The van der Waals surface area contributed by atoms with Gasteiger partial charge in [0, 0.05) is 29.7 Å². The smallest absolute Gasteiger partial charge is 0.366 e. The minimum absolute atomic E-state index is 0.0143. The zero-order chi connectivity index (χ0) is 31.5. The van der Waals surface area contributed by atoms with Crippen LogP contribution >= 0.6 is 0 Å². The highest BCUT2D eigenvalue weighted by atomic mass is 19.4. The Balaban J connectivity index is 1.38. The molecule has 3 atom stereocenters. The van der Waals surface area contributed by atoms with Crippen LogP contribution in [-0.2, 0) is 23.9 Å². The molecule has 226 valence electrons. The largest absolute Gasteiger partial charge is 0.433 e. The number of rotatable bonds is 8. The summed E-state index contributed by atoms with van der Waals surface area (Å²) < 4.78 is 85.0. The van der Waals surface area contributed by atoms with Gasteiger partial charge in [0.25, 0.3) is 5.91 Å². The maximum absolute atomic E-state index is 14.2. The Labute approximate surface area is 244 Å². The Morgan fingerprint density at radius 1 is 1.05 bits per heavy atom. The van der Waals surface area contributed by atoms with Gasteiger partial charge in [-0.05, 0) is 54.3 Å². The Morgan fingerprint density at radius 2 is 1.77 bits per heavy atom. The van der Waals surface area contributed by atoms with E-state index in [1.54, 1.807) is 0 Å². The van der Waals surface area contributed by atoms with Crippen LogP contribution in [0.15, 0.2) is 54.7 Å². The van der Waals surface area contributed by atoms with Crippen molar-refractivity contribution in [2.24, 2.45) is 11.7 Å². The third kappa shape index (κ3) is 5.31. The van der Waals surface area contributed by atoms with Crippen molar-refractivity contribution < 1.29 is 40.7 Å². The molecule has 1 saturated carbocycles. The highest BCUT2D eigenvalue weighted by Gasteiger charge is 2.58. The fraction of sp³-hybridized carbons (Fsp3) is 0.233. The van der Waals surface area contributed by atoms with Gasteiger partial charge in [0.1, 0.15) is 24.0 Å². The first-order chi connectivity index (χ1) is 20.8. The number of carbonyl (C=O) groups excluding carboxylic acids is 3. The maximum atomic E-state index is 14.2. The number of pyridine rings is 1. The molecule has 14 heteroatoms. The number of Topliss-reactive ketones (excluding diaryl/α,β-unsaturated/α-hetero) is 1. The number of hydrogen-bond acceptors (Lipinski definition) is 5. The molecule has 0 radical (unpaired) electrons. The van der Waals surface area contributed by atoms with Gasteiger partial charge in [-0.3, -0.25) is 19.4 Å². The van der Waals surface area contributed by atoms with Crippen LogP contribution in [0.1, 0.15) is 61.7 Å². The molecule has 2 aliphatic carbocycles. The van der Waals surface area contributed by atoms with Crippen molar-refractivity contribution in [3.8, 4) is 11.1 Å². The average Bonchev–Trinajstić information content (AvgIpc) is 3.57. The highest BCUT2D eigenvalue weighted by molar-refractivity contribution is 6.06. The fourth-order valence-electron chi connectivity index (χ4n) is 5.74. The number of benzene rings is 2. The van der Waals surface area contributed by atoms with Crippen LogP contribution in [0.25, 0.3) is 11.1 Å². The lowest BCUT2D eigenvalue weighted by Gasteiger charge is -2.22. The van der Waals surface area contributed by atoms with Crippen LogP contribution in [0.4, 0.5) is 26.3 Å². The van der Waals surface area contributed by atoms with E-state index in [2.05, 4.69) is 15.4 Å². The average molecular weight is 614 g/mol. The first-order valence-corrected chi connectivity index (χ1v) is 13.3. The first kappa shape index (κ1) is 29.1. The summed E-state index contributed by atoms with van der Waals surface area (Å²) in [7, 11) is 0. The number of primary amides is 1. The first-order valence-electron chi connectivity index (χ1n) is 13.3. The fourth-order valence-corrected chi connectivity index (χ4v) is 5.74. The monoisotopic (exact) mass is 613 g/mol. The molecule has 6 rings (SSSR count). The third-order valence-electron chi connectivity index (χ3n) is 7.68. The second-order valence-electron chi connectivity index (χ2n) is 10.7. The topological polar surface area (TPSA) is 120 Å². The molecule has 2 amide bonds. The molecule has 0 bridgehead atoms. The van der Waals surface area contributed by atoms with Crippen LogP contribution in [-0.4, -0.2) is 32.4 Å². The van der Waals surface area contributed by atoms with Crippen molar-refractivity contribution in [2.45, 2.75) is 37.5 Å². The quantitative estimate of drug-likeness (QED) is 0.275. The van der Waals surface area contributed by atoms with E-state index < -0.39 is 82.5 Å². The number of alkyl halides is 3. The number of aromatic nitrogens is 3. The van der Waals surface area contributed by atoms with Gasteiger partial charge in [-0.25, -0.2) is 17.9 Å². The molecule has 0 spiro atoms. The van der Waals surface area contributed by atoms with E-state index in [0.29, 0.717) is 17.2 Å². The lowest BCUT2D eigenvalue weighted by atomic mass is 9.94. The maximum Gasteiger partial charge on any atom is 0.433 e. The van der Waals surface area contributed by atoms with Gasteiger partial charge in [0.2, 0.25) is 5.91 Å². The van der Waals surface area contributed by atoms with Gasteiger partial charge >= 0.3 is 6.18 Å². The summed E-state index contributed by atoms with van der Waals surface area (Å²) in [6.07, 6.45) is -3.49. The van der Waals surface area contributed by atoms with E-state index in [0.717, 1.165) is 18.2 Å². The zero-order valence-electron chi connectivity index (χ0n) is 22.5. The molecule has 3 N–H and O–H groups in total. The van der Waals surface area contributed by atoms with E-state index in [1.165, 1.54) is 30.5 Å². The van der Waals surface area contributed by atoms with Crippen molar-refractivity contribution in [1.29, 1.82) is 0 Å². The molecule has 2 heterocycles. The van der Waals surface area contributed by atoms with Crippen molar-refractivity contribution >= 4 is 17.6 Å². The Morgan fingerprint density at radius 3 is 2.45 bits per heavy atom. The van der Waals surface area contributed by atoms with Gasteiger partial charge < -0.3 is 11.1 Å². The summed E-state index contributed by atoms with van der Waals surface area (Å²) in [5.41, 5.74) is 3.76. The number of nitrogens with one attached hydrogen (secondary N) is 1. The molecular formula is C30H21F6N5O3. The lowest BCUT2D eigenvalue weighted by Crippen LogP contribution is -2.35. The molecule has 0 saturated heterocycles. The molecule has 2 aliphatic rings. The van der Waals surface area contributed by atoms with E-state index in [1.807, 2.05) is 0 Å². The third-order valence-corrected chi connectivity index (χ3v) is 7.68. The molecule has 8 nitrogen and oxygen atoms in total. The Hall–Kier alpha value is -5.01. The van der Waals surface area contributed by atoms with Crippen molar-refractivity contribution in [3.63, 3.8) is 0 Å². The second-order valence-corrected chi connectivity index (χ2v) is 10.7. The van der Waals surface area contributed by atoms with Crippen LogP contribution in [0.2, 0.25) is 0 Å². The number of amides is 2. The van der Waals surface area contributed by atoms with Crippen molar-refractivity contribution in [1.82, 2.24) is 20.1 Å². The van der Waals surface area contributed by atoms with E-state index >= 15 is 0 Å². The predicted molar refractivity (Wildman–Crippen MR) is 142 cm³/mol. The predicted octanol–water partition coefficient (Wildman–Crippen LogP) is 4.88. The van der Waals surface area contributed by atoms with Gasteiger partial charge in [0.05, 0.1) is 28.6 Å². The molecule has 4 aromatic rings. The number of halogens is 6. The molecule has 44 heavy (non-hydrogen) atoms. The van der Waals surface area contributed by atoms with Gasteiger partial charge in [-0.1, -0.05) is 12.1 Å². The van der Waals surface area contributed by atoms with Crippen LogP contribution in [0.3, 0.4) is 0 Å². The SMILES string of the molecule is NC(=O)c1cc(-c2cccnc2[C@H](Cc2cc(F)cc(F)c2)NC(=O)Cn2nc3c(c2C(F)(F)F)C(=O)C2CC32)ccc1F. The number of nitrogens with two attached hydrogens (primary N) is 1. The number of carbonyl (C=O) groups is 3. The standard InChI is InChI=1S/C30H21F6N5O3/c31-15-6-13(7-16(32)10-15)8-22(25-17(2-1-5-38-25)14-3-4-21(33)20(9-14)29(37)44)39-23(42)12-41-28(30(34,35)36)24-26(40-41)18-11-19(18)27(24)43/h1-7,9-10,18-19,22H,8,11-12H2,(H2,37,44)(H,39,42)/t18?,19?,22-/m0/s1. The van der Waals surface area contributed by atoms with E-state index in [4.69, 9.17) is 5.73 Å². The van der Waals surface area contributed by atoms with Crippen molar-refractivity contribution in [3.05, 3.63) is 106 Å². The Bertz CT molecular complexity index is 1830. The van der Waals surface area contributed by atoms with Gasteiger partial charge in [-0.15, -0.1) is 0 Å². The highest BCUT2D eigenvalue weighted by Crippen LogP contribution is 2.57. The van der Waals surface area contributed by atoms with Gasteiger partial charge in [0.15, 0.2) is 11.5 Å².